The minimum absolute atomic E-state index is 0.0593. The van der Waals surface area contributed by atoms with E-state index in [-0.39, 0.29) is 28.7 Å². The summed E-state index contributed by atoms with van der Waals surface area (Å²) in [5, 5.41) is 38.4. The van der Waals surface area contributed by atoms with Crippen LogP contribution < -0.4 is 10.3 Å². The summed E-state index contributed by atoms with van der Waals surface area (Å²) >= 11 is 0. The predicted octanol–water partition coefficient (Wildman–Crippen LogP) is 2.37. The fourth-order valence-corrected chi connectivity index (χ4v) is 2.90. The third-order valence-corrected chi connectivity index (χ3v) is 4.39. The molecule has 1 aromatic heterocycles. The molecule has 0 saturated heterocycles. The molecule has 0 aliphatic rings. The van der Waals surface area contributed by atoms with Crippen LogP contribution in [0.1, 0.15) is 22.5 Å². The van der Waals surface area contributed by atoms with E-state index >= 15 is 0 Å². The van der Waals surface area contributed by atoms with Gasteiger partial charge in [0.2, 0.25) is 0 Å². The van der Waals surface area contributed by atoms with Gasteiger partial charge < -0.3 is 20.4 Å². The molecule has 29 heavy (non-hydrogen) atoms. The summed E-state index contributed by atoms with van der Waals surface area (Å²) in [6, 6.07) is 10.2. The van der Waals surface area contributed by atoms with Gasteiger partial charge in [0, 0.05) is 18.2 Å². The highest BCUT2D eigenvalue weighted by Crippen LogP contribution is 2.23. The summed E-state index contributed by atoms with van der Waals surface area (Å²) in [4.78, 5) is 12.5. The minimum atomic E-state index is -0.246. The molecule has 7 heteroatoms. The molecule has 3 aromatic rings. The first-order chi connectivity index (χ1) is 13.7. The lowest BCUT2D eigenvalue weighted by Gasteiger charge is -2.04. The van der Waals surface area contributed by atoms with Crippen molar-refractivity contribution in [3.05, 3.63) is 75.5 Å². The molecule has 0 saturated carbocycles. The molecule has 3 rings (SSSR count). The molecule has 0 radical (unpaired) electrons. The standard InChI is InChI=1S/C22H20N2O5/c1-23-16(5-3-14-7-18(25)12-19(26)8-14)11-17(24(2)22(23)29)6-4-15-9-20(27)13-21(28)10-15/h3-13H,1-2H3,(H3-,25,26,27,28)/p+1/b5-3+,6-4+. The van der Waals surface area contributed by atoms with Crippen LogP contribution in [0.25, 0.3) is 24.3 Å². The molecular formula is C22H21N2O5+. The second kappa shape index (κ2) is 7.93. The maximum atomic E-state index is 12.5. The van der Waals surface area contributed by atoms with Gasteiger partial charge in [0.25, 0.3) is 0 Å². The lowest BCUT2D eigenvalue weighted by molar-refractivity contribution is -0.692. The Bertz CT molecular complexity index is 1060. The summed E-state index contributed by atoms with van der Waals surface area (Å²) in [6.45, 7) is 0. The zero-order valence-electron chi connectivity index (χ0n) is 15.9. The maximum absolute atomic E-state index is 12.5. The van der Waals surface area contributed by atoms with Crippen LogP contribution in [0.5, 0.6) is 23.0 Å². The molecule has 2 aromatic carbocycles. The summed E-state index contributed by atoms with van der Waals surface area (Å²) < 4.78 is 2.94. The van der Waals surface area contributed by atoms with Crippen LogP contribution in [-0.4, -0.2) is 25.0 Å². The Balaban J connectivity index is 1.99. The third-order valence-electron chi connectivity index (χ3n) is 4.39. The average Bonchev–Trinajstić information content (AvgIpc) is 2.63. The summed E-state index contributed by atoms with van der Waals surface area (Å²) in [5.74, 6) is -0.237. The molecular weight excluding hydrogens is 372 g/mol. The van der Waals surface area contributed by atoms with Crippen LogP contribution in [-0.2, 0) is 14.1 Å². The van der Waals surface area contributed by atoms with Crippen LogP contribution in [0.15, 0.2) is 47.3 Å². The van der Waals surface area contributed by atoms with Gasteiger partial charge in [0.1, 0.15) is 34.4 Å². The lowest BCUT2D eigenvalue weighted by atomic mass is 10.1. The van der Waals surface area contributed by atoms with Crippen LogP contribution in [0.4, 0.5) is 0 Å². The second-order valence-corrected chi connectivity index (χ2v) is 6.63. The molecule has 0 spiro atoms. The number of aromatic nitrogens is 2. The monoisotopic (exact) mass is 393 g/mol. The van der Waals surface area contributed by atoms with Gasteiger partial charge in [0.05, 0.1) is 14.1 Å². The Labute approximate surface area is 167 Å². The Hall–Kier alpha value is -4.00. The van der Waals surface area contributed by atoms with Crippen molar-refractivity contribution in [3.8, 4) is 23.0 Å². The quantitative estimate of drug-likeness (QED) is 0.509. The SMILES string of the molecule is Cn1c(/C=C/c2cc(O)cc(O)c2)cc(/C=C/c2cc(O)cc(O)c2)[n+](C)c1=O. The van der Waals surface area contributed by atoms with E-state index in [0.717, 1.165) is 0 Å². The molecule has 1 heterocycles. The van der Waals surface area contributed by atoms with Gasteiger partial charge in [-0.15, -0.1) is 0 Å². The number of nitrogens with zero attached hydrogens (tertiary/aromatic N) is 2. The van der Waals surface area contributed by atoms with Gasteiger partial charge in [-0.3, -0.25) is 0 Å². The molecule has 0 atom stereocenters. The molecule has 0 bridgehead atoms. The van der Waals surface area contributed by atoms with E-state index in [2.05, 4.69) is 0 Å². The van der Waals surface area contributed by atoms with E-state index < -0.39 is 0 Å². The number of phenolic OH excluding ortho intramolecular Hbond substituents is 4. The van der Waals surface area contributed by atoms with E-state index in [9.17, 15) is 25.2 Å². The maximum Gasteiger partial charge on any atom is 0.498 e. The highest BCUT2D eigenvalue weighted by molar-refractivity contribution is 5.72. The van der Waals surface area contributed by atoms with Gasteiger partial charge in [0.15, 0.2) is 0 Å². The van der Waals surface area contributed by atoms with Crippen LogP contribution >= 0.6 is 0 Å². The Morgan fingerprint density at radius 2 is 1.17 bits per heavy atom. The van der Waals surface area contributed by atoms with Gasteiger partial charge in [-0.05, 0) is 47.5 Å². The normalized spacial score (nSPS) is 11.5. The number of phenols is 4. The van der Waals surface area contributed by atoms with Crippen molar-refractivity contribution < 1.29 is 25.0 Å². The van der Waals surface area contributed by atoms with Crippen LogP contribution in [0.3, 0.4) is 0 Å². The van der Waals surface area contributed by atoms with E-state index in [1.807, 2.05) is 0 Å². The fraction of sp³-hybridized carbons (Fsp3) is 0.0909. The Morgan fingerprint density at radius 3 is 1.66 bits per heavy atom. The first-order valence-corrected chi connectivity index (χ1v) is 8.75. The van der Waals surface area contributed by atoms with Crippen molar-refractivity contribution in [2.75, 3.05) is 0 Å². The molecule has 7 nitrogen and oxygen atoms in total. The first kappa shape index (κ1) is 19.8. The molecule has 0 amide bonds. The van der Waals surface area contributed by atoms with E-state index in [0.29, 0.717) is 22.5 Å². The first-order valence-electron chi connectivity index (χ1n) is 8.75. The Morgan fingerprint density at radius 1 is 0.724 bits per heavy atom. The van der Waals surface area contributed by atoms with Crippen LogP contribution in [0, 0.1) is 0 Å². The van der Waals surface area contributed by atoms with E-state index in [1.165, 1.54) is 45.5 Å². The zero-order chi connectivity index (χ0) is 21.1. The smallest absolute Gasteiger partial charge is 0.498 e. The fourth-order valence-electron chi connectivity index (χ4n) is 2.90. The summed E-state index contributed by atoms with van der Waals surface area (Å²) in [6.07, 6.45) is 6.75. The van der Waals surface area contributed by atoms with Crippen molar-refractivity contribution in [1.82, 2.24) is 4.57 Å². The third kappa shape index (κ3) is 4.65. The minimum Gasteiger partial charge on any atom is -0.508 e. The molecule has 148 valence electrons. The van der Waals surface area contributed by atoms with Crippen molar-refractivity contribution in [2.24, 2.45) is 14.1 Å². The Kier molecular flexibility index (Phi) is 5.40. The highest BCUT2D eigenvalue weighted by atomic mass is 16.3. The van der Waals surface area contributed by atoms with Gasteiger partial charge in [-0.25, -0.2) is 0 Å². The predicted molar refractivity (Wildman–Crippen MR) is 110 cm³/mol. The van der Waals surface area contributed by atoms with E-state index in [4.69, 9.17) is 0 Å². The topological polar surface area (TPSA) is 107 Å². The molecule has 0 aliphatic carbocycles. The van der Waals surface area contributed by atoms with Crippen molar-refractivity contribution in [1.29, 1.82) is 0 Å². The number of aromatic hydroxyl groups is 4. The number of rotatable bonds is 4. The molecule has 0 fully saturated rings. The number of benzene rings is 2. The molecule has 4 N–H and O–H groups in total. The van der Waals surface area contributed by atoms with Crippen molar-refractivity contribution in [3.63, 3.8) is 0 Å². The molecule has 0 aliphatic heterocycles. The number of hydrogen-bond donors (Lipinski definition) is 4. The second-order valence-electron chi connectivity index (χ2n) is 6.63. The largest absolute Gasteiger partial charge is 0.508 e. The van der Waals surface area contributed by atoms with Gasteiger partial charge >= 0.3 is 5.69 Å². The van der Waals surface area contributed by atoms with Crippen molar-refractivity contribution >= 4 is 24.3 Å². The van der Waals surface area contributed by atoms with Crippen molar-refractivity contribution in [2.45, 2.75) is 0 Å². The molecule has 0 unspecified atom stereocenters. The van der Waals surface area contributed by atoms with Gasteiger partial charge in [-0.1, -0.05) is 12.2 Å². The highest BCUT2D eigenvalue weighted by Gasteiger charge is 2.13. The van der Waals surface area contributed by atoms with E-state index in [1.54, 1.807) is 44.5 Å². The van der Waals surface area contributed by atoms with Crippen LogP contribution in [0.2, 0.25) is 0 Å². The number of hydrogen-bond acceptors (Lipinski definition) is 5. The lowest BCUT2D eigenvalue weighted by Crippen LogP contribution is -2.53. The average molecular weight is 393 g/mol. The summed E-state index contributed by atoms with van der Waals surface area (Å²) in [7, 11) is 3.28. The zero-order valence-corrected chi connectivity index (χ0v) is 15.9. The summed E-state index contributed by atoms with van der Waals surface area (Å²) in [5.41, 5.74) is 2.12. The van der Waals surface area contributed by atoms with Gasteiger partial charge in [-0.2, -0.15) is 13.9 Å².